The number of carboxylic acid groups (broad SMARTS) is 1. The van der Waals surface area contributed by atoms with Crippen LogP contribution in [0.15, 0.2) is 12.2 Å². The number of aliphatic carboxylic acids is 1. The lowest BCUT2D eigenvalue weighted by molar-refractivity contribution is -0.147. The first-order valence-electron chi connectivity index (χ1n) is 6.26. The highest BCUT2D eigenvalue weighted by molar-refractivity contribution is 5.85. The van der Waals surface area contributed by atoms with Crippen LogP contribution in [0.5, 0.6) is 0 Å². The Morgan fingerprint density at radius 1 is 1.28 bits per heavy atom. The number of allylic oxidation sites excluding steroid dienone is 2. The van der Waals surface area contributed by atoms with E-state index in [1.807, 2.05) is 26.0 Å². The van der Waals surface area contributed by atoms with E-state index in [4.69, 9.17) is 10.2 Å². The number of rotatable bonds is 5. The van der Waals surface area contributed by atoms with Gasteiger partial charge in [-0.2, -0.15) is 0 Å². The summed E-state index contributed by atoms with van der Waals surface area (Å²) in [6.45, 7) is 3.64. The molecule has 2 unspecified atom stereocenters. The Morgan fingerprint density at radius 3 is 2.33 bits per heavy atom. The molecule has 0 saturated heterocycles. The highest BCUT2D eigenvalue weighted by Crippen LogP contribution is 2.26. The second kappa shape index (κ2) is 6.54. The predicted molar refractivity (Wildman–Crippen MR) is 66.8 cm³/mol. The fourth-order valence-corrected chi connectivity index (χ4v) is 2.01. The zero-order valence-corrected chi connectivity index (χ0v) is 10.8. The normalized spacial score (nSPS) is 26.4. The van der Waals surface area contributed by atoms with Gasteiger partial charge in [-0.05, 0) is 25.7 Å². The third-order valence-electron chi connectivity index (χ3n) is 3.60. The van der Waals surface area contributed by atoms with Crippen LogP contribution < -0.4 is 5.32 Å². The molecular weight excluding hydrogens is 234 g/mol. The summed E-state index contributed by atoms with van der Waals surface area (Å²) in [5.74, 6) is -2.37. The highest BCUT2D eigenvalue weighted by atomic mass is 16.4. The van der Waals surface area contributed by atoms with Crippen molar-refractivity contribution in [3.8, 4) is 0 Å². The van der Waals surface area contributed by atoms with Gasteiger partial charge in [-0.15, -0.1) is 0 Å². The Kier molecular flexibility index (Phi) is 5.34. The van der Waals surface area contributed by atoms with Crippen molar-refractivity contribution < 1.29 is 19.8 Å². The Morgan fingerprint density at radius 2 is 1.83 bits per heavy atom. The van der Waals surface area contributed by atoms with Crippen LogP contribution in [0.1, 0.15) is 26.7 Å². The predicted octanol–water partition coefficient (Wildman–Crippen LogP) is 0.787. The quantitative estimate of drug-likeness (QED) is 0.634. The lowest BCUT2D eigenvalue weighted by Gasteiger charge is -2.27. The molecule has 1 amide bonds. The summed E-state index contributed by atoms with van der Waals surface area (Å²) in [6, 6.07) is -0.164. The Labute approximate surface area is 107 Å². The van der Waals surface area contributed by atoms with E-state index in [0.29, 0.717) is 12.8 Å². The molecule has 0 aromatic heterocycles. The summed E-state index contributed by atoms with van der Waals surface area (Å²) in [6.07, 6.45) is 4.52. The molecule has 0 aromatic rings. The fraction of sp³-hybridized carbons (Fsp3) is 0.692. The van der Waals surface area contributed by atoms with Gasteiger partial charge in [-0.3, -0.25) is 9.59 Å². The molecule has 0 aliphatic heterocycles. The second-order valence-corrected chi connectivity index (χ2v) is 4.95. The molecule has 3 N–H and O–H groups in total. The van der Waals surface area contributed by atoms with Crippen LogP contribution in [-0.4, -0.2) is 34.7 Å². The van der Waals surface area contributed by atoms with Gasteiger partial charge in [0.1, 0.15) is 0 Å². The van der Waals surface area contributed by atoms with Crippen molar-refractivity contribution in [2.45, 2.75) is 32.7 Å². The molecular formula is C13H21NO4. The minimum Gasteiger partial charge on any atom is -0.481 e. The molecule has 0 aromatic carbocycles. The van der Waals surface area contributed by atoms with E-state index in [-0.39, 0.29) is 24.5 Å². The van der Waals surface area contributed by atoms with Crippen molar-refractivity contribution in [3.05, 3.63) is 12.2 Å². The summed E-state index contributed by atoms with van der Waals surface area (Å²) in [5, 5.41) is 20.9. The van der Waals surface area contributed by atoms with Gasteiger partial charge >= 0.3 is 5.97 Å². The first-order chi connectivity index (χ1) is 8.47. The van der Waals surface area contributed by atoms with Crippen molar-refractivity contribution in [1.29, 1.82) is 0 Å². The fourth-order valence-electron chi connectivity index (χ4n) is 2.01. The molecule has 18 heavy (non-hydrogen) atoms. The molecule has 4 atom stereocenters. The molecule has 0 saturated carbocycles. The van der Waals surface area contributed by atoms with E-state index >= 15 is 0 Å². The molecule has 1 aliphatic rings. The van der Waals surface area contributed by atoms with Gasteiger partial charge in [-0.25, -0.2) is 0 Å². The van der Waals surface area contributed by atoms with E-state index in [1.165, 1.54) is 0 Å². The molecule has 0 bridgehead atoms. The number of carboxylic acids is 1. The van der Waals surface area contributed by atoms with E-state index in [9.17, 15) is 9.59 Å². The maximum Gasteiger partial charge on any atom is 0.307 e. The standard InChI is InChI=1S/C13H21NO4/c1-8(7-15)9(2)14-12(16)10-5-3-4-6-11(10)13(17)18/h3-4,8-11,15H,5-7H2,1-2H3,(H,14,16)(H,17,18)/t8?,9?,10-,11+/m1/s1. The number of carbonyl (C=O) groups is 2. The molecule has 0 fully saturated rings. The Balaban J connectivity index is 2.64. The van der Waals surface area contributed by atoms with Crippen molar-refractivity contribution >= 4 is 11.9 Å². The molecule has 1 rings (SSSR count). The lowest BCUT2D eigenvalue weighted by atomic mass is 9.82. The summed E-state index contributed by atoms with van der Waals surface area (Å²) < 4.78 is 0. The highest BCUT2D eigenvalue weighted by Gasteiger charge is 2.34. The van der Waals surface area contributed by atoms with Crippen LogP contribution in [0.4, 0.5) is 0 Å². The van der Waals surface area contributed by atoms with Crippen LogP contribution >= 0.6 is 0 Å². The number of aliphatic hydroxyl groups is 1. The topological polar surface area (TPSA) is 86.6 Å². The Bertz CT molecular complexity index is 340. The van der Waals surface area contributed by atoms with Crippen LogP contribution in [0.3, 0.4) is 0 Å². The van der Waals surface area contributed by atoms with E-state index < -0.39 is 17.8 Å². The largest absolute Gasteiger partial charge is 0.481 e. The summed E-state index contributed by atoms with van der Waals surface area (Å²) in [7, 11) is 0. The SMILES string of the molecule is CC(CO)C(C)NC(=O)[C@@H]1CC=CC[C@@H]1C(=O)O. The second-order valence-electron chi connectivity index (χ2n) is 4.95. The minimum absolute atomic E-state index is 0.00558. The van der Waals surface area contributed by atoms with Gasteiger partial charge < -0.3 is 15.5 Å². The first kappa shape index (κ1) is 14.7. The van der Waals surface area contributed by atoms with Crippen LogP contribution in [0.2, 0.25) is 0 Å². The number of nitrogens with one attached hydrogen (secondary N) is 1. The van der Waals surface area contributed by atoms with Crippen molar-refractivity contribution in [2.75, 3.05) is 6.61 Å². The first-order valence-corrected chi connectivity index (χ1v) is 6.26. The maximum absolute atomic E-state index is 12.1. The maximum atomic E-state index is 12.1. The van der Waals surface area contributed by atoms with Gasteiger partial charge in [0.15, 0.2) is 0 Å². The number of aliphatic hydroxyl groups excluding tert-OH is 1. The number of hydrogen-bond donors (Lipinski definition) is 3. The van der Waals surface area contributed by atoms with Gasteiger partial charge in [0.05, 0.1) is 11.8 Å². The number of carbonyl (C=O) groups excluding carboxylic acids is 1. The monoisotopic (exact) mass is 255 g/mol. The van der Waals surface area contributed by atoms with Gasteiger partial charge in [0.25, 0.3) is 0 Å². The number of amides is 1. The lowest BCUT2D eigenvalue weighted by Crippen LogP contribution is -2.45. The van der Waals surface area contributed by atoms with Gasteiger partial charge in [0.2, 0.25) is 5.91 Å². The third-order valence-corrected chi connectivity index (χ3v) is 3.60. The third kappa shape index (κ3) is 3.57. The average molecular weight is 255 g/mol. The molecule has 5 nitrogen and oxygen atoms in total. The smallest absolute Gasteiger partial charge is 0.307 e. The summed E-state index contributed by atoms with van der Waals surface area (Å²) >= 11 is 0. The van der Waals surface area contributed by atoms with Crippen LogP contribution in [0, 0.1) is 17.8 Å². The molecule has 0 heterocycles. The minimum atomic E-state index is -0.928. The average Bonchev–Trinajstić information content (AvgIpc) is 2.37. The van der Waals surface area contributed by atoms with E-state index in [2.05, 4.69) is 5.32 Å². The van der Waals surface area contributed by atoms with Crippen molar-refractivity contribution in [2.24, 2.45) is 17.8 Å². The molecule has 0 radical (unpaired) electrons. The summed E-state index contributed by atoms with van der Waals surface area (Å²) in [5.41, 5.74) is 0. The molecule has 0 spiro atoms. The molecule has 102 valence electrons. The molecule has 5 heteroatoms. The number of hydrogen-bond acceptors (Lipinski definition) is 3. The zero-order valence-electron chi connectivity index (χ0n) is 10.8. The van der Waals surface area contributed by atoms with Crippen molar-refractivity contribution in [1.82, 2.24) is 5.32 Å². The Hall–Kier alpha value is -1.36. The van der Waals surface area contributed by atoms with E-state index in [1.54, 1.807) is 0 Å². The van der Waals surface area contributed by atoms with Gasteiger partial charge in [0, 0.05) is 12.6 Å². The zero-order chi connectivity index (χ0) is 13.7. The van der Waals surface area contributed by atoms with Crippen LogP contribution in [-0.2, 0) is 9.59 Å². The summed E-state index contributed by atoms with van der Waals surface area (Å²) in [4.78, 5) is 23.1. The molecule has 1 aliphatic carbocycles. The van der Waals surface area contributed by atoms with Crippen molar-refractivity contribution in [3.63, 3.8) is 0 Å². The van der Waals surface area contributed by atoms with Crippen LogP contribution in [0.25, 0.3) is 0 Å². The van der Waals surface area contributed by atoms with Gasteiger partial charge in [-0.1, -0.05) is 19.1 Å². The van der Waals surface area contributed by atoms with E-state index in [0.717, 1.165) is 0 Å².